The van der Waals surface area contributed by atoms with Crippen LogP contribution in [0.2, 0.25) is 0 Å². The zero-order chi connectivity index (χ0) is 23.4. The van der Waals surface area contributed by atoms with Gasteiger partial charge in [-0.25, -0.2) is 8.42 Å². The van der Waals surface area contributed by atoms with E-state index in [0.29, 0.717) is 22.2 Å². The van der Waals surface area contributed by atoms with Crippen LogP contribution in [0.5, 0.6) is 0 Å². The van der Waals surface area contributed by atoms with Crippen LogP contribution in [0.15, 0.2) is 60.0 Å². The highest BCUT2D eigenvalue weighted by Gasteiger charge is 2.21. The standard InChI is InChI=1S/C22H25N2O5PS2/c1-3-32(27,28)14-12-29-30(2,26)18-9-6-16(7-10-18)22(25)24-20-15-17(8-11-19(20)23)21-5-4-13-31-21/h4-11,13,15H,3,12,14,23H2,1-2H3,(H,24,25). The lowest BCUT2D eigenvalue weighted by Crippen LogP contribution is -2.17. The van der Waals surface area contributed by atoms with Gasteiger partial charge in [0.2, 0.25) is 7.37 Å². The van der Waals surface area contributed by atoms with E-state index in [-0.39, 0.29) is 24.0 Å². The molecule has 2 aromatic carbocycles. The van der Waals surface area contributed by atoms with Crippen LogP contribution in [0, 0.1) is 0 Å². The van der Waals surface area contributed by atoms with E-state index < -0.39 is 17.2 Å². The number of rotatable bonds is 9. The predicted octanol–water partition coefficient (Wildman–Crippen LogP) is 4.23. The van der Waals surface area contributed by atoms with Crippen molar-refractivity contribution in [2.45, 2.75) is 6.92 Å². The van der Waals surface area contributed by atoms with Gasteiger partial charge in [-0.3, -0.25) is 9.36 Å². The molecule has 0 aliphatic heterocycles. The van der Waals surface area contributed by atoms with Crippen molar-refractivity contribution in [1.29, 1.82) is 0 Å². The maximum Gasteiger partial charge on any atom is 0.255 e. The van der Waals surface area contributed by atoms with E-state index in [2.05, 4.69) is 5.32 Å². The molecule has 1 atom stereocenters. The Balaban J connectivity index is 1.69. The Kier molecular flexibility index (Phi) is 7.56. The van der Waals surface area contributed by atoms with Gasteiger partial charge >= 0.3 is 0 Å². The monoisotopic (exact) mass is 492 g/mol. The Morgan fingerprint density at radius 1 is 1.16 bits per heavy atom. The molecule has 3 rings (SSSR count). The van der Waals surface area contributed by atoms with Crippen molar-refractivity contribution in [2.24, 2.45) is 0 Å². The van der Waals surface area contributed by atoms with Gasteiger partial charge in [0.15, 0.2) is 9.84 Å². The summed E-state index contributed by atoms with van der Waals surface area (Å²) in [5.74, 6) is -0.532. The summed E-state index contributed by atoms with van der Waals surface area (Å²) in [6.07, 6.45) is 0. The molecule has 0 aliphatic rings. The van der Waals surface area contributed by atoms with E-state index in [4.69, 9.17) is 10.3 Å². The minimum atomic E-state index is -3.22. The van der Waals surface area contributed by atoms with Crippen molar-refractivity contribution >= 4 is 51.1 Å². The van der Waals surface area contributed by atoms with Crippen LogP contribution < -0.4 is 16.4 Å². The molecule has 0 saturated heterocycles. The number of thiophene rings is 1. The summed E-state index contributed by atoms with van der Waals surface area (Å²) < 4.78 is 41.4. The zero-order valence-electron chi connectivity index (χ0n) is 17.8. The first-order valence-electron chi connectivity index (χ1n) is 9.89. The normalized spacial score (nSPS) is 13.4. The number of nitrogens with two attached hydrogens (primary N) is 1. The Morgan fingerprint density at radius 2 is 1.88 bits per heavy atom. The number of anilines is 2. The van der Waals surface area contributed by atoms with E-state index in [0.717, 1.165) is 10.4 Å². The van der Waals surface area contributed by atoms with E-state index in [1.165, 1.54) is 6.66 Å². The third-order valence-electron chi connectivity index (χ3n) is 4.88. The molecule has 3 N–H and O–H groups in total. The number of hydrogen-bond donors (Lipinski definition) is 2. The largest absolute Gasteiger partial charge is 0.397 e. The lowest BCUT2D eigenvalue weighted by atomic mass is 10.1. The summed E-state index contributed by atoms with van der Waals surface area (Å²) in [6.45, 7) is 2.83. The molecule has 7 nitrogen and oxygen atoms in total. The van der Waals surface area contributed by atoms with Crippen LogP contribution >= 0.6 is 18.7 Å². The van der Waals surface area contributed by atoms with E-state index in [9.17, 15) is 17.8 Å². The molecule has 32 heavy (non-hydrogen) atoms. The first kappa shape index (κ1) is 24.2. The van der Waals surface area contributed by atoms with Gasteiger partial charge in [-0.2, -0.15) is 0 Å². The molecule has 0 fully saturated rings. The SMILES string of the molecule is CCS(=O)(=O)CCOP(C)(=O)c1ccc(C(=O)Nc2cc(-c3cccs3)ccc2N)cc1. The number of carbonyl (C=O) groups excluding carboxylic acids is 1. The summed E-state index contributed by atoms with van der Waals surface area (Å²) in [5.41, 5.74) is 8.30. The minimum absolute atomic E-state index is 0.00886. The summed E-state index contributed by atoms with van der Waals surface area (Å²) >= 11 is 1.59. The number of benzene rings is 2. The molecule has 1 heterocycles. The van der Waals surface area contributed by atoms with Gasteiger partial charge in [-0.15, -0.1) is 11.3 Å². The van der Waals surface area contributed by atoms with E-state index in [1.807, 2.05) is 29.6 Å². The fraction of sp³-hybridized carbons (Fsp3) is 0.227. The molecule has 0 spiro atoms. The molecular formula is C22H25N2O5PS2. The molecular weight excluding hydrogens is 467 g/mol. The molecule has 10 heteroatoms. The first-order chi connectivity index (χ1) is 15.1. The molecule has 0 radical (unpaired) electrons. The molecule has 1 unspecified atom stereocenters. The Hall–Kier alpha value is -2.45. The van der Waals surface area contributed by atoms with Crippen LogP contribution in [-0.4, -0.2) is 39.1 Å². The summed E-state index contributed by atoms with van der Waals surface area (Å²) in [6, 6.07) is 15.6. The van der Waals surface area contributed by atoms with Gasteiger partial charge in [0.05, 0.1) is 23.7 Å². The summed E-state index contributed by atoms with van der Waals surface area (Å²) in [7, 11) is -6.42. The molecule has 1 amide bonds. The number of nitrogens with one attached hydrogen (secondary N) is 1. The van der Waals surface area contributed by atoms with Crippen LogP contribution in [0.3, 0.4) is 0 Å². The molecule has 0 saturated carbocycles. The minimum Gasteiger partial charge on any atom is -0.397 e. The van der Waals surface area contributed by atoms with Crippen molar-refractivity contribution in [3.8, 4) is 10.4 Å². The third kappa shape index (κ3) is 6.07. The van der Waals surface area contributed by atoms with Crippen LogP contribution in [0.1, 0.15) is 17.3 Å². The quantitative estimate of drug-likeness (QED) is 0.341. The van der Waals surface area contributed by atoms with Crippen molar-refractivity contribution < 1.29 is 22.3 Å². The second kappa shape index (κ2) is 10.0. The lowest BCUT2D eigenvalue weighted by Gasteiger charge is -2.15. The highest BCUT2D eigenvalue weighted by Crippen LogP contribution is 2.41. The number of sulfone groups is 1. The maximum atomic E-state index is 12.8. The zero-order valence-corrected chi connectivity index (χ0v) is 20.3. The fourth-order valence-corrected chi connectivity index (χ4v) is 5.65. The third-order valence-corrected chi connectivity index (χ3v) is 9.38. The Bertz CT molecular complexity index is 1240. The topological polar surface area (TPSA) is 116 Å². The molecule has 3 aromatic rings. The van der Waals surface area contributed by atoms with Gasteiger partial charge in [-0.05, 0) is 53.4 Å². The molecule has 0 bridgehead atoms. The fourth-order valence-electron chi connectivity index (χ4n) is 2.90. The second-order valence-corrected chi connectivity index (χ2v) is 13.1. The van der Waals surface area contributed by atoms with Gasteiger partial charge in [0.25, 0.3) is 5.91 Å². The van der Waals surface area contributed by atoms with E-state index in [1.54, 1.807) is 48.6 Å². The van der Waals surface area contributed by atoms with Crippen molar-refractivity contribution in [1.82, 2.24) is 0 Å². The van der Waals surface area contributed by atoms with Gasteiger partial charge in [0, 0.05) is 28.2 Å². The Morgan fingerprint density at radius 3 is 2.50 bits per heavy atom. The number of amides is 1. The lowest BCUT2D eigenvalue weighted by molar-refractivity contribution is 0.102. The van der Waals surface area contributed by atoms with Crippen molar-refractivity contribution in [2.75, 3.05) is 35.8 Å². The maximum absolute atomic E-state index is 12.8. The smallest absolute Gasteiger partial charge is 0.255 e. The van der Waals surface area contributed by atoms with Crippen LogP contribution in [0.25, 0.3) is 10.4 Å². The number of hydrogen-bond acceptors (Lipinski definition) is 7. The van der Waals surface area contributed by atoms with Gasteiger partial charge in [-0.1, -0.05) is 19.1 Å². The average Bonchev–Trinajstić information content (AvgIpc) is 3.30. The Labute approximate surface area is 192 Å². The second-order valence-electron chi connectivity index (χ2n) is 7.20. The number of nitrogen functional groups attached to an aromatic ring is 1. The van der Waals surface area contributed by atoms with Crippen LogP contribution in [-0.2, 0) is 18.9 Å². The molecule has 170 valence electrons. The average molecular weight is 493 g/mol. The van der Waals surface area contributed by atoms with Gasteiger partial charge < -0.3 is 15.6 Å². The molecule has 1 aromatic heterocycles. The van der Waals surface area contributed by atoms with Crippen molar-refractivity contribution in [3.63, 3.8) is 0 Å². The number of carbonyl (C=O) groups is 1. The first-order valence-corrected chi connectivity index (χ1v) is 14.7. The van der Waals surface area contributed by atoms with Crippen molar-refractivity contribution in [3.05, 3.63) is 65.5 Å². The molecule has 0 aliphatic carbocycles. The predicted molar refractivity (Wildman–Crippen MR) is 132 cm³/mol. The highest BCUT2D eigenvalue weighted by atomic mass is 32.2. The summed E-state index contributed by atoms with van der Waals surface area (Å²) in [5, 5.41) is 5.20. The highest BCUT2D eigenvalue weighted by molar-refractivity contribution is 7.91. The summed E-state index contributed by atoms with van der Waals surface area (Å²) in [4.78, 5) is 13.8. The van der Waals surface area contributed by atoms with Crippen LogP contribution in [0.4, 0.5) is 11.4 Å². The van der Waals surface area contributed by atoms with E-state index >= 15 is 0 Å². The van der Waals surface area contributed by atoms with Gasteiger partial charge in [0.1, 0.15) is 0 Å².